The van der Waals surface area contributed by atoms with Gasteiger partial charge in [-0.05, 0) is 74.2 Å². The Morgan fingerprint density at radius 3 is 2.18 bits per heavy atom. The van der Waals surface area contributed by atoms with Crippen molar-refractivity contribution >= 4 is 27.8 Å². The van der Waals surface area contributed by atoms with Gasteiger partial charge in [0, 0.05) is 7.05 Å². The fourth-order valence-corrected chi connectivity index (χ4v) is 5.80. The number of aromatic nitrogens is 2. The van der Waals surface area contributed by atoms with Crippen molar-refractivity contribution in [3.63, 3.8) is 0 Å². The largest absolute Gasteiger partial charge is 0.296 e. The molecule has 4 rings (SSSR count). The fraction of sp³-hybridized carbons (Fsp3) is 0.207. The lowest BCUT2D eigenvalue weighted by molar-refractivity contribution is -0.119. The number of rotatable bonds is 8. The minimum Gasteiger partial charge on any atom is -0.283 e. The summed E-state index contributed by atoms with van der Waals surface area (Å²) in [6, 6.07) is 20.5. The number of carbonyl (C=O) groups is 1. The zero-order valence-corrected chi connectivity index (χ0v) is 23.4. The Bertz CT molecular complexity index is 1710. The van der Waals surface area contributed by atoms with Crippen LogP contribution in [0, 0.1) is 27.7 Å². The predicted octanol–water partition coefficient (Wildman–Crippen LogP) is 3.76. The number of para-hydroxylation sites is 1. The van der Waals surface area contributed by atoms with Gasteiger partial charge in [-0.3, -0.25) is 14.3 Å². The Morgan fingerprint density at radius 1 is 0.923 bits per heavy atom. The van der Waals surface area contributed by atoms with Crippen molar-refractivity contribution in [1.29, 1.82) is 0 Å². The normalized spacial score (nSPS) is 11.6. The van der Waals surface area contributed by atoms with Gasteiger partial charge in [0.25, 0.3) is 21.5 Å². The predicted molar refractivity (Wildman–Crippen MR) is 153 cm³/mol. The number of nitrogens with one attached hydrogen (secondary N) is 1. The van der Waals surface area contributed by atoms with Crippen molar-refractivity contribution < 1.29 is 13.2 Å². The molecule has 3 aromatic carbocycles. The van der Waals surface area contributed by atoms with Crippen LogP contribution in [0.5, 0.6) is 0 Å². The van der Waals surface area contributed by atoms with Gasteiger partial charge >= 0.3 is 0 Å². The molecule has 0 atom stereocenters. The highest BCUT2D eigenvalue weighted by molar-refractivity contribution is 7.92. The summed E-state index contributed by atoms with van der Waals surface area (Å²) < 4.78 is 31.4. The van der Waals surface area contributed by atoms with Crippen LogP contribution >= 0.6 is 0 Å². The van der Waals surface area contributed by atoms with E-state index in [1.165, 1.54) is 23.0 Å². The van der Waals surface area contributed by atoms with Crippen LogP contribution in [0.25, 0.3) is 5.69 Å². The molecule has 0 bridgehead atoms. The summed E-state index contributed by atoms with van der Waals surface area (Å²) in [4.78, 5) is 26.7. The first kappa shape index (κ1) is 27.6. The van der Waals surface area contributed by atoms with Gasteiger partial charge in [0.15, 0.2) is 0 Å². The van der Waals surface area contributed by atoms with Crippen LogP contribution < -0.4 is 15.3 Å². The van der Waals surface area contributed by atoms with E-state index in [0.29, 0.717) is 11.4 Å². The smallest absolute Gasteiger partial charge is 0.283 e. The minimum atomic E-state index is -4.28. The van der Waals surface area contributed by atoms with E-state index in [4.69, 9.17) is 0 Å². The van der Waals surface area contributed by atoms with E-state index in [1.54, 1.807) is 61.1 Å². The van der Waals surface area contributed by atoms with Gasteiger partial charge < -0.3 is 0 Å². The lowest BCUT2D eigenvalue weighted by Gasteiger charge is -2.22. The summed E-state index contributed by atoms with van der Waals surface area (Å²) in [5.74, 6) is -0.693. The summed E-state index contributed by atoms with van der Waals surface area (Å²) >= 11 is 0. The van der Waals surface area contributed by atoms with Crippen LogP contribution in [0.3, 0.4) is 0 Å². The molecule has 0 unspecified atom stereocenters. The first-order valence-corrected chi connectivity index (χ1v) is 13.8. The Morgan fingerprint density at radius 2 is 1.54 bits per heavy atom. The van der Waals surface area contributed by atoms with E-state index in [2.05, 4.69) is 10.5 Å². The van der Waals surface area contributed by atoms with Crippen LogP contribution in [0.4, 0.5) is 5.69 Å². The van der Waals surface area contributed by atoms with Crippen LogP contribution in [-0.2, 0) is 21.9 Å². The first-order chi connectivity index (χ1) is 18.5. The summed E-state index contributed by atoms with van der Waals surface area (Å²) in [5.41, 5.74) is 6.81. The number of carbonyl (C=O) groups excluding carboxylic acids is 1. The van der Waals surface area contributed by atoms with E-state index in [-0.39, 0.29) is 10.6 Å². The molecular weight excluding hydrogens is 514 g/mol. The molecule has 0 saturated carbocycles. The van der Waals surface area contributed by atoms with Crippen molar-refractivity contribution in [2.75, 3.05) is 10.8 Å². The molecule has 0 aliphatic heterocycles. The molecule has 0 aliphatic rings. The topological polar surface area (TPSA) is 106 Å². The number of anilines is 1. The molecule has 0 aliphatic carbocycles. The first-order valence-electron chi connectivity index (χ1n) is 12.3. The fourth-order valence-electron chi connectivity index (χ4n) is 4.30. The second-order valence-electron chi connectivity index (χ2n) is 9.25. The average Bonchev–Trinajstić information content (AvgIpc) is 3.15. The Balaban J connectivity index is 1.73. The van der Waals surface area contributed by atoms with E-state index in [0.717, 1.165) is 26.6 Å². The van der Waals surface area contributed by atoms with E-state index in [9.17, 15) is 18.0 Å². The van der Waals surface area contributed by atoms with Crippen molar-refractivity contribution in [2.24, 2.45) is 12.1 Å². The average molecular weight is 546 g/mol. The Hall–Kier alpha value is -4.44. The molecule has 0 fully saturated rings. The molecule has 1 N–H and O–H groups in total. The van der Waals surface area contributed by atoms with Gasteiger partial charge in [0.1, 0.15) is 12.2 Å². The molecule has 0 spiro atoms. The van der Waals surface area contributed by atoms with Crippen molar-refractivity contribution in [3.8, 4) is 5.69 Å². The number of sulfonamides is 1. The summed E-state index contributed by atoms with van der Waals surface area (Å²) in [5, 5.41) is 4.06. The third-order valence-electron chi connectivity index (χ3n) is 6.88. The maximum atomic E-state index is 13.8. The van der Waals surface area contributed by atoms with Crippen molar-refractivity contribution in [3.05, 3.63) is 111 Å². The monoisotopic (exact) mass is 545 g/mol. The van der Waals surface area contributed by atoms with Gasteiger partial charge in [0.2, 0.25) is 0 Å². The van der Waals surface area contributed by atoms with Crippen LogP contribution in [0.1, 0.15) is 27.9 Å². The number of amides is 1. The van der Waals surface area contributed by atoms with Gasteiger partial charge in [-0.1, -0.05) is 48.5 Å². The Kier molecular flexibility index (Phi) is 7.87. The third kappa shape index (κ3) is 5.42. The molecule has 10 heteroatoms. The summed E-state index contributed by atoms with van der Waals surface area (Å²) in [6.45, 7) is 6.99. The highest BCUT2D eigenvalue weighted by Gasteiger charge is 2.33. The molecule has 9 nitrogen and oxygen atoms in total. The van der Waals surface area contributed by atoms with E-state index in [1.807, 2.05) is 39.0 Å². The molecule has 1 heterocycles. The lowest BCUT2D eigenvalue weighted by Crippen LogP contribution is -2.42. The SMILES string of the molecule is Cc1ccc(/C=N\NC(=O)CN(c2c(C)n(C)n(-c3ccccc3)c2=O)S(=O)(=O)c2ccccc2)c(C)c1C. The van der Waals surface area contributed by atoms with Crippen LogP contribution in [-0.4, -0.2) is 36.4 Å². The van der Waals surface area contributed by atoms with E-state index >= 15 is 0 Å². The molecular formula is C29H31N5O4S. The number of nitrogens with zero attached hydrogens (tertiary/aromatic N) is 4. The number of benzene rings is 3. The molecule has 0 saturated heterocycles. The molecule has 39 heavy (non-hydrogen) atoms. The molecule has 1 aromatic heterocycles. The van der Waals surface area contributed by atoms with Crippen molar-refractivity contribution in [1.82, 2.24) is 14.8 Å². The highest BCUT2D eigenvalue weighted by atomic mass is 32.2. The number of hydrazone groups is 1. The summed E-state index contributed by atoms with van der Waals surface area (Å²) in [7, 11) is -2.62. The molecule has 0 radical (unpaired) electrons. The lowest BCUT2D eigenvalue weighted by atomic mass is 10.00. The minimum absolute atomic E-state index is 0.0408. The van der Waals surface area contributed by atoms with Gasteiger partial charge in [0.05, 0.1) is 22.5 Å². The third-order valence-corrected chi connectivity index (χ3v) is 8.64. The second kappa shape index (κ2) is 11.1. The zero-order chi connectivity index (χ0) is 28.3. The van der Waals surface area contributed by atoms with Gasteiger partial charge in [-0.25, -0.2) is 22.8 Å². The summed E-state index contributed by atoms with van der Waals surface area (Å²) in [6.07, 6.45) is 1.52. The van der Waals surface area contributed by atoms with Gasteiger partial charge in [-0.15, -0.1) is 0 Å². The van der Waals surface area contributed by atoms with Gasteiger partial charge in [-0.2, -0.15) is 5.10 Å². The second-order valence-corrected chi connectivity index (χ2v) is 11.1. The van der Waals surface area contributed by atoms with Crippen LogP contribution in [0.2, 0.25) is 0 Å². The van der Waals surface area contributed by atoms with Crippen molar-refractivity contribution in [2.45, 2.75) is 32.6 Å². The molecule has 4 aromatic rings. The zero-order valence-electron chi connectivity index (χ0n) is 22.5. The number of hydrogen-bond acceptors (Lipinski definition) is 5. The van der Waals surface area contributed by atoms with Crippen LogP contribution in [0.15, 0.2) is 87.6 Å². The highest BCUT2D eigenvalue weighted by Crippen LogP contribution is 2.25. The number of hydrogen-bond donors (Lipinski definition) is 1. The Labute approximate surface area is 228 Å². The maximum Gasteiger partial charge on any atom is 0.296 e. The van der Waals surface area contributed by atoms with E-state index < -0.39 is 28.0 Å². The molecule has 202 valence electrons. The quantitative estimate of drug-likeness (QED) is 0.269. The number of aryl methyl sites for hydroxylation is 1. The molecule has 1 amide bonds. The maximum absolute atomic E-state index is 13.8. The standard InChI is InChI=1S/C29H31N5O4S/c1-20-16-17-24(22(3)21(20)2)18-30-31-27(35)19-33(39(37,38)26-14-10-7-11-15-26)28-23(4)32(5)34(29(28)36)25-12-8-6-9-13-25/h6-18H,19H2,1-5H3,(H,31,35)/b30-18-.